The standard InChI is InChI=1S/C20H16ClF3N4O2S/c21-16-7-2-1-6-15(16)17-25-26-18(31-11-9-27-8-10-30-19(27)29)28(17)14-5-3-4-13(12-14)20(22,23)24/h1-7,12H,8-11H2. The normalized spacial score (nSPS) is 14.2. The molecular formula is C20H16ClF3N4O2S. The monoisotopic (exact) mass is 468 g/mol. The highest BCUT2D eigenvalue weighted by Gasteiger charge is 2.31. The third kappa shape index (κ3) is 4.64. The average molecular weight is 469 g/mol. The molecule has 162 valence electrons. The minimum atomic E-state index is -4.49. The second-order valence-corrected chi connectivity index (χ2v) is 8.09. The number of carbonyl (C=O) groups is 1. The zero-order valence-electron chi connectivity index (χ0n) is 16.0. The van der Waals surface area contributed by atoms with Gasteiger partial charge in [0.25, 0.3) is 0 Å². The molecule has 3 aromatic rings. The van der Waals surface area contributed by atoms with Gasteiger partial charge in [-0.15, -0.1) is 10.2 Å². The molecule has 1 aromatic heterocycles. The van der Waals surface area contributed by atoms with Gasteiger partial charge in [-0.3, -0.25) is 4.57 Å². The lowest BCUT2D eigenvalue weighted by Crippen LogP contribution is -2.26. The fraction of sp³-hybridized carbons (Fsp3) is 0.250. The van der Waals surface area contributed by atoms with Gasteiger partial charge in [-0.05, 0) is 30.3 Å². The maximum atomic E-state index is 13.3. The number of hydrogen-bond donors (Lipinski definition) is 0. The molecule has 0 saturated carbocycles. The molecule has 1 fully saturated rings. The molecule has 0 unspecified atom stereocenters. The molecule has 0 spiro atoms. The molecule has 6 nitrogen and oxygen atoms in total. The van der Waals surface area contributed by atoms with Gasteiger partial charge in [0.1, 0.15) is 6.61 Å². The van der Waals surface area contributed by atoms with Gasteiger partial charge in [-0.25, -0.2) is 4.79 Å². The fourth-order valence-electron chi connectivity index (χ4n) is 3.11. The number of hydrogen-bond acceptors (Lipinski definition) is 5. The summed E-state index contributed by atoms with van der Waals surface area (Å²) in [6, 6.07) is 11.9. The van der Waals surface area contributed by atoms with Crippen molar-refractivity contribution in [1.29, 1.82) is 0 Å². The lowest BCUT2D eigenvalue weighted by molar-refractivity contribution is -0.137. The predicted molar refractivity (Wildman–Crippen MR) is 110 cm³/mol. The SMILES string of the molecule is O=C1OCCN1CCSc1nnc(-c2ccccc2Cl)n1-c1cccc(C(F)(F)F)c1. The van der Waals surface area contributed by atoms with E-state index in [0.29, 0.717) is 47.0 Å². The second-order valence-electron chi connectivity index (χ2n) is 6.62. The number of aromatic nitrogens is 3. The first-order valence-electron chi connectivity index (χ1n) is 9.27. The van der Waals surface area contributed by atoms with Gasteiger partial charge in [-0.1, -0.05) is 41.6 Å². The number of cyclic esters (lactones) is 1. The highest BCUT2D eigenvalue weighted by atomic mass is 35.5. The van der Waals surface area contributed by atoms with E-state index < -0.39 is 11.7 Å². The third-order valence-electron chi connectivity index (χ3n) is 4.62. The number of ether oxygens (including phenoxy) is 1. The van der Waals surface area contributed by atoms with Crippen LogP contribution in [0.2, 0.25) is 5.02 Å². The molecule has 0 radical (unpaired) electrons. The molecule has 2 heterocycles. The zero-order valence-corrected chi connectivity index (χ0v) is 17.5. The van der Waals surface area contributed by atoms with E-state index in [9.17, 15) is 18.0 Å². The molecule has 1 aliphatic rings. The summed E-state index contributed by atoms with van der Waals surface area (Å²) in [5.74, 6) is 0.794. The van der Waals surface area contributed by atoms with Crippen molar-refractivity contribution >= 4 is 29.5 Å². The van der Waals surface area contributed by atoms with E-state index in [2.05, 4.69) is 10.2 Å². The maximum absolute atomic E-state index is 13.3. The Morgan fingerprint density at radius 2 is 1.94 bits per heavy atom. The van der Waals surface area contributed by atoms with Crippen LogP contribution in [0.1, 0.15) is 5.56 Å². The number of carbonyl (C=O) groups excluding carboxylic acids is 1. The summed E-state index contributed by atoms with van der Waals surface area (Å²) in [7, 11) is 0. The van der Waals surface area contributed by atoms with Crippen LogP contribution in [0.3, 0.4) is 0 Å². The molecular weight excluding hydrogens is 453 g/mol. The number of thioether (sulfide) groups is 1. The van der Waals surface area contributed by atoms with Crippen molar-refractivity contribution in [2.75, 3.05) is 25.4 Å². The number of amides is 1. The number of benzene rings is 2. The molecule has 4 rings (SSSR count). The van der Waals surface area contributed by atoms with Crippen LogP contribution in [0, 0.1) is 0 Å². The number of rotatable bonds is 6. The fourth-order valence-corrected chi connectivity index (χ4v) is 4.24. The van der Waals surface area contributed by atoms with E-state index in [1.807, 2.05) is 0 Å². The smallest absolute Gasteiger partial charge is 0.416 e. The topological polar surface area (TPSA) is 60.2 Å². The summed E-state index contributed by atoms with van der Waals surface area (Å²) in [6.07, 6.45) is -4.87. The highest BCUT2D eigenvalue weighted by molar-refractivity contribution is 7.99. The summed E-state index contributed by atoms with van der Waals surface area (Å²) in [5, 5.41) is 9.18. The Kier molecular flexibility index (Phi) is 6.10. The summed E-state index contributed by atoms with van der Waals surface area (Å²) >= 11 is 7.59. The summed E-state index contributed by atoms with van der Waals surface area (Å²) in [5.41, 5.74) is 0.0291. The van der Waals surface area contributed by atoms with Gasteiger partial charge >= 0.3 is 12.3 Å². The Morgan fingerprint density at radius 1 is 1.13 bits per heavy atom. The number of halogens is 4. The molecule has 0 N–H and O–H groups in total. The van der Waals surface area contributed by atoms with Crippen molar-refractivity contribution in [2.24, 2.45) is 0 Å². The highest BCUT2D eigenvalue weighted by Crippen LogP contribution is 2.35. The maximum Gasteiger partial charge on any atom is 0.416 e. The molecule has 0 atom stereocenters. The van der Waals surface area contributed by atoms with Crippen molar-refractivity contribution in [1.82, 2.24) is 19.7 Å². The Morgan fingerprint density at radius 3 is 2.65 bits per heavy atom. The molecule has 1 saturated heterocycles. The van der Waals surface area contributed by atoms with Crippen LogP contribution < -0.4 is 0 Å². The van der Waals surface area contributed by atoms with Crippen molar-refractivity contribution in [2.45, 2.75) is 11.3 Å². The van der Waals surface area contributed by atoms with E-state index in [1.54, 1.807) is 39.8 Å². The average Bonchev–Trinajstić information content (AvgIpc) is 3.34. The molecule has 0 aliphatic carbocycles. The molecule has 11 heteroatoms. The first kappa shape index (κ1) is 21.5. The first-order chi connectivity index (χ1) is 14.8. The van der Waals surface area contributed by atoms with Crippen LogP contribution in [0.5, 0.6) is 0 Å². The van der Waals surface area contributed by atoms with Crippen LogP contribution in [0.25, 0.3) is 17.1 Å². The molecule has 31 heavy (non-hydrogen) atoms. The quantitative estimate of drug-likeness (QED) is 0.468. The minimum Gasteiger partial charge on any atom is -0.448 e. The molecule has 0 bridgehead atoms. The number of alkyl halides is 3. The Bertz CT molecular complexity index is 1110. The van der Waals surface area contributed by atoms with Crippen LogP contribution >= 0.6 is 23.4 Å². The van der Waals surface area contributed by atoms with Crippen LogP contribution in [0.15, 0.2) is 53.7 Å². The van der Waals surface area contributed by atoms with Gasteiger partial charge < -0.3 is 9.64 Å². The lowest BCUT2D eigenvalue weighted by Gasteiger charge is -2.15. The predicted octanol–water partition coefficient (Wildman–Crippen LogP) is 5.15. The van der Waals surface area contributed by atoms with E-state index in [1.165, 1.54) is 17.8 Å². The van der Waals surface area contributed by atoms with Gasteiger partial charge in [-0.2, -0.15) is 13.2 Å². The van der Waals surface area contributed by atoms with Crippen molar-refractivity contribution < 1.29 is 22.7 Å². The Hall–Kier alpha value is -2.72. The van der Waals surface area contributed by atoms with Gasteiger partial charge in [0.05, 0.1) is 22.8 Å². The first-order valence-corrected chi connectivity index (χ1v) is 10.6. The van der Waals surface area contributed by atoms with Gasteiger partial charge in [0, 0.05) is 17.9 Å². The summed E-state index contributed by atoms with van der Waals surface area (Å²) in [4.78, 5) is 13.2. The van der Waals surface area contributed by atoms with E-state index >= 15 is 0 Å². The Labute approximate surface area is 185 Å². The van der Waals surface area contributed by atoms with Crippen molar-refractivity contribution in [3.63, 3.8) is 0 Å². The largest absolute Gasteiger partial charge is 0.448 e. The van der Waals surface area contributed by atoms with E-state index in [4.69, 9.17) is 16.3 Å². The molecule has 1 aliphatic heterocycles. The van der Waals surface area contributed by atoms with Crippen molar-refractivity contribution in [3.05, 3.63) is 59.1 Å². The minimum absolute atomic E-state index is 0.262. The van der Waals surface area contributed by atoms with Gasteiger partial charge in [0.2, 0.25) is 0 Å². The molecule has 1 amide bonds. The van der Waals surface area contributed by atoms with Crippen molar-refractivity contribution in [3.8, 4) is 17.1 Å². The second kappa shape index (κ2) is 8.80. The third-order valence-corrected chi connectivity index (χ3v) is 5.86. The number of nitrogens with zero attached hydrogens (tertiary/aromatic N) is 4. The Balaban J connectivity index is 1.71. The molecule has 2 aromatic carbocycles. The lowest BCUT2D eigenvalue weighted by atomic mass is 10.1. The van der Waals surface area contributed by atoms with E-state index in [-0.39, 0.29) is 11.8 Å². The zero-order chi connectivity index (χ0) is 22.0. The van der Waals surface area contributed by atoms with E-state index in [0.717, 1.165) is 12.1 Å². The van der Waals surface area contributed by atoms with Gasteiger partial charge in [0.15, 0.2) is 11.0 Å². The summed E-state index contributed by atoms with van der Waals surface area (Å²) < 4.78 is 46.3. The summed E-state index contributed by atoms with van der Waals surface area (Å²) in [6.45, 7) is 1.27. The van der Waals surface area contributed by atoms with Crippen LogP contribution in [-0.4, -0.2) is 51.2 Å². The van der Waals surface area contributed by atoms with Crippen LogP contribution in [-0.2, 0) is 10.9 Å². The van der Waals surface area contributed by atoms with Crippen LogP contribution in [0.4, 0.5) is 18.0 Å².